The monoisotopic (exact) mass is 491 g/mol. The van der Waals surface area contributed by atoms with Crippen LogP contribution in [0.25, 0.3) is 0 Å². The molecule has 9 nitrogen and oxygen atoms in total. The molecule has 3 N–H and O–H groups in total. The minimum Gasteiger partial charge on any atom is -0.493 e. The largest absolute Gasteiger partial charge is 0.493 e. The first-order valence-electron chi connectivity index (χ1n) is 8.31. The van der Waals surface area contributed by atoms with E-state index in [9.17, 15) is 16.8 Å². The molecule has 2 aromatic carbocycles. The van der Waals surface area contributed by atoms with Crippen LogP contribution in [-0.2, 0) is 25.8 Å². The molecule has 0 radical (unpaired) electrons. The highest BCUT2D eigenvalue weighted by Crippen LogP contribution is 2.35. The van der Waals surface area contributed by atoms with Crippen molar-refractivity contribution in [2.24, 2.45) is 9.54 Å². The lowest BCUT2D eigenvalue weighted by atomic mass is 10.2. The number of rotatable bonds is 7. The summed E-state index contributed by atoms with van der Waals surface area (Å²) in [6, 6.07) is 7.62. The van der Waals surface area contributed by atoms with Crippen LogP contribution in [0.2, 0.25) is 5.02 Å². The summed E-state index contributed by atoms with van der Waals surface area (Å²) in [5.74, 6) is 2.25. The highest BCUT2D eigenvalue weighted by atomic mass is 35.5. The smallest absolute Gasteiger partial charge is 0.286 e. The molecule has 0 unspecified atom stereocenters. The van der Waals surface area contributed by atoms with Crippen LogP contribution in [0, 0.1) is 0 Å². The molecule has 30 heavy (non-hydrogen) atoms. The van der Waals surface area contributed by atoms with E-state index in [0.29, 0.717) is 17.3 Å². The number of primary sulfonamides is 1. The van der Waals surface area contributed by atoms with E-state index >= 15 is 0 Å². The van der Waals surface area contributed by atoms with E-state index in [4.69, 9.17) is 26.2 Å². The molecule has 1 heterocycles. The Bertz CT molecular complexity index is 1230. The average Bonchev–Trinajstić information content (AvgIpc) is 2.65. The van der Waals surface area contributed by atoms with Gasteiger partial charge < -0.3 is 14.8 Å². The van der Waals surface area contributed by atoms with Gasteiger partial charge in [-0.2, -0.15) is 8.42 Å². The number of hydrogen-bond donors (Lipinski definition) is 2. The predicted octanol–water partition coefficient (Wildman–Crippen LogP) is 2.45. The zero-order chi connectivity index (χ0) is 22.1. The highest BCUT2D eigenvalue weighted by Gasteiger charge is 2.28. The van der Waals surface area contributed by atoms with E-state index in [0.717, 1.165) is 11.6 Å². The van der Waals surface area contributed by atoms with Crippen LogP contribution in [-0.4, -0.2) is 42.6 Å². The molecule has 162 valence electrons. The lowest BCUT2D eigenvalue weighted by Crippen LogP contribution is -2.24. The fourth-order valence-electron chi connectivity index (χ4n) is 2.73. The van der Waals surface area contributed by atoms with Crippen molar-refractivity contribution < 1.29 is 26.3 Å². The summed E-state index contributed by atoms with van der Waals surface area (Å²) in [5, 5.41) is 7.79. The van der Waals surface area contributed by atoms with Gasteiger partial charge in [-0.3, -0.25) is 0 Å². The number of thioether (sulfide) groups is 1. The van der Waals surface area contributed by atoms with Gasteiger partial charge in [-0.15, -0.1) is 16.2 Å². The molecule has 0 saturated carbocycles. The van der Waals surface area contributed by atoms with Gasteiger partial charge in [0.25, 0.3) is 10.0 Å². The number of nitrogens with one attached hydrogen (secondary N) is 1. The summed E-state index contributed by atoms with van der Waals surface area (Å²) >= 11 is 7.39. The SMILES string of the molecule is COc1ccc(CSCC2=NS(=O)(=O)c3cc(S(N)(=O)=O)c(Cl)cc3N2)cc1OC. The molecular weight excluding hydrogens is 474 g/mol. The quantitative estimate of drug-likeness (QED) is 0.602. The van der Waals surface area contributed by atoms with Crippen molar-refractivity contribution in [3.63, 3.8) is 0 Å². The number of hydrogen-bond acceptors (Lipinski definition) is 8. The number of nitrogens with two attached hydrogens (primary N) is 1. The number of sulfonamides is 2. The standard InChI is InChI=1S/C17H18ClN3O6S3/c1-26-13-4-3-10(5-14(13)27-2)8-28-9-17-20-12-6-11(18)15(29(19,22)23)7-16(12)30(24,25)21-17/h3-7H,8-9H2,1-2H3,(H,20,21)(H2,19,22,23). The minimum atomic E-state index is -4.18. The molecule has 1 aliphatic rings. The first kappa shape index (κ1) is 22.7. The van der Waals surface area contributed by atoms with E-state index in [1.807, 2.05) is 12.1 Å². The zero-order valence-corrected chi connectivity index (χ0v) is 19.1. The van der Waals surface area contributed by atoms with Gasteiger partial charge >= 0.3 is 0 Å². The maximum Gasteiger partial charge on any atom is 0.286 e. The first-order chi connectivity index (χ1) is 14.0. The minimum absolute atomic E-state index is 0.143. The summed E-state index contributed by atoms with van der Waals surface area (Å²) in [4.78, 5) is -0.778. The Kier molecular flexibility index (Phi) is 6.53. The van der Waals surface area contributed by atoms with Crippen molar-refractivity contribution in [2.75, 3.05) is 25.3 Å². The van der Waals surface area contributed by atoms with Crippen molar-refractivity contribution >= 4 is 54.9 Å². The zero-order valence-electron chi connectivity index (χ0n) is 15.9. The van der Waals surface area contributed by atoms with E-state index in [1.165, 1.54) is 17.8 Å². The average molecular weight is 492 g/mol. The van der Waals surface area contributed by atoms with Crippen molar-refractivity contribution in [1.29, 1.82) is 0 Å². The number of fused-ring (bicyclic) bond motifs is 1. The van der Waals surface area contributed by atoms with Gasteiger partial charge in [0.2, 0.25) is 10.0 Å². The second kappa shape index (κ2) is 8.63. The lowest BCUT2D eigenvalue weighted by molar-refractivity contribution is 0.354. The van der Waals surface area contributed by atoms with Gasteiger partial charge in [0.15, 0.2) is 11.5 Å². The summed E-state index contributed by atoms with van der Waals surface area (Å²) in [5.41, 5.74) is 1.10. The number of halogens is 1. The maximum absolute atomic E-state index is 12.5. The Labute approximate surface area is 183 Å². The summed E-state index contributed by atoms with van der Waals surface area (Å²) in [7, 11) is -5.19. The molecule has 3 rings (SSSR count). The highest BCUT2D eigenvalue weighted by molar-refractivity contribution is 7.99. The normalized spacial score (nSPS) is 15.0. The van der Waals surface area contributed by atoms with Crippen LogP contribution in [0.15, 0.2) is 44.5 Å². The number of ether oxygens (including phenoxy) is 2. The van der Waals surface area contributed by atoms with Gasteiger partial charge in [-0.1, -0.05) is 17.7 Å². The van der Waals surface area contributed by atoms with E-state index < -0.39 is 24.9 Å². The summed E-state index contributed by atoms with van der Waals surface area (Å²) in [6.07, 6.45) is 0. The lowest BCUT2D eigenvalue weighted by Gasteiger charge is -2.19. The topological polar surface area (TPSA) is 137 Å². The van der Waals surface area contributed by atoms with Crippen molar-refractivity contribution in [3.05, 3.63) is 40.9 Å². The molecule has 0 atom stereocenters. The van der Waals surface area contributed by atoms with Gasteiger partial charge in [-0.05, 0) is 29.8 Å². The van der Waals surface area contributed by atoms with Gasteiger partial charge in [-0.25, -0.2) is 13.6 Å². The van der Waals surface area contributed by atoms with Crippen molar-refractivity contribution in [3.8, 4) is 11.5 Å². The Morgan fingerprint density at radius 1 is 1.13 bits per heavy atom. The molecule has 13 heteroatoms. The van der Waals surface area contributed by atoms with Crippen LogP contribution >= 0.6 is 23.4 Å². The Hall–Kier alpha value is -1.99. The molecule has 0 fully saturated rings. The number of methoxy groups -OCH3 is 2. The Morgan fingerprint density at radius 3 is 2.47 bits per heavy atom. The van der Waals surface area contributed by atoms with Crippen LogP contribution in [0.4, 0.5) is 5.69 Å². The molecule has 0 amide bonds. The Balaban J connectivity index is 1.77. The molecule has 0 aliphatic carbocycles. The third-order valence-electron chi connectivity index (χ3n) is 4.08. The molecule has 0 saturated heterocycles. The number of benzene rings is 2. The van der Waals surface area contributed by atoms with Gasteiger partial charge in [0.1, 0.15) is 15.6 Å². The van der Waals surface area contributed by atoms with Crippen LogP contribution in [0.5, 0.6) is 11.5 Å². The molecule has 0 bridgehead atoms. The second-order valence-electron chi connectivity index (χ2n) is 6.14. The number of nitrogens with zero attached hydrogens (tertiary/aromatic N) is 1. The molecule has 0 aromatic heterocycles. The summed E-state index contributed by atoms with van der Waals surface area (Å²) in [6.45, 7) is 0. The van der Waals surface area contributed by atoms with E-state index in [-0.39, 0.29) is 27.2 Å². The maximum atomic E-state index is 12.5. The van der Waals surface area contributed by atoms with Gasteiger partial charge in [0, 0.05) is 5.75 Å². The van der Waals surface area contributed by atoms with Gasteiger partial charge in [0.05, 0.1) is 30.7 Å². The van der Waals surface area contributed by atoms with Crippen molar-refractivity contribution in [1.82, 2.24) is 0 Å². The molecule has 0 spiro atoms. The third-order valence-corrected chi connectivity index (χ3v) is 7.83. The Morgan fingerprint density at radius 2 is 1.83 bits per heavy atom. The molecule has 2 aromatic rings. The van der Waals surface area contributed by atoms with E-state index in [1.54, 1.807) is 20.3 Å². The fraction of sp³-hybridized carbons (Fsp3) is 0.235. The summed E-state index contributed by atoms with van der Waals surface area (Å²) < 4.78 is 62.4. The van der Waals surface area contributed by atoms with Crippen LogP contribution in [0.1, 0.15) is 5.56 Å². The fourth-order valence-corrected chi connectivity index (χ4v) is 5.99. The van der Waals surface area contributed by atoms with Crippen LogP contribution in [0.3, 0.4) is 0 Å². The number of anilines is 1. The van der Waals surface area contributed by atoms with Crippen molar-refractivity contribution in [2.45, 2.75) is 15.5 Å². The first-order valence-corrected chi connectivity index (χ1v) is 12.8. The molecular formula is C17H18ClN3O6S3. The second-order valence-corrected chi connectivity index (χ2v) is 10.6. The number of amidine groups is 1. The predicted molar refractivity (Wildman–Crippen MR) is 117 cm³/mol. The van der Waals surface area contributed by atoms with Crippen LogP contribution < -0.4 is 19.9 Å². The van der Waals surface area contributed by atoms with E-state index in [2.05, 4.69) is 9.71 Å². The third kappa shape index (κ3) is 4.83. The molecule has 1 aliphatic heterocycles.